The standard InChI is InChI=1S/C16H21IN4O3/c1-16(2)23-13-9(6-22-3)4-11(14(13)24-16)21-8-20-12-10(5-17)18-7-19-15(12)21/h7-9,11,13-14H,4-6H2,1-3H3/t9-,11-,13-,14+/m1/s1. The third-order valence-corrected chi connectivity index (χ3v) is 5.57. The zero-order valence-electron chi connectivity index (χ0n) is 14.0. The lowest BCUT2D eigenvalue weighted by Crippen LogP contribution is -2.28. The molecule has 4 atom stereocenters. The summed E-state index contributed by atoms with van der Waals surface area (Å²) in [6.07, 6.45) is 4.42. The van der Waals surface area contributed by atoms with Crippen LogP contribution in [0.5, 0.6) is 0 Å². The van der Waals surface area contributed by atoms with Gasteiger partial charge in [-0.25, -0.2) is 15.0 Å². The third-order valence-electron chi connectivity index (χ3n) is 4.85. The second-order valence-electron chi connectivity index (χ2n) is 6.86. The summed E-state index contributed by atoms with van der Waals surface area (Å²) in [5.41, 5.74) is 2.70. The minimum atomic E-state index is -0.571. The molecule has 1 saturated carbocycles. The summed E-state index contributed by atoms with van der Waals surface area (Å²) in [5, 5.41) is 0. The van der Waals surface area contributed by atoms with Gasteiger partial charge in [-0.05, 0) is 20.3 Å². The van der Waals surface area contributed by atoms with Crippen LogP contribution in [0.4, 0.5) is 0 Å². The molecule has 130 valence electrons. The van der Waals surface area contributed by atoms with E-state index in [0.29, 0.717) is 12.5 Å². The van der Waals surface area contributed by atoms with E-state index in [0.717, 1.165) is 27.7 Å². The van der Waals surface area contributed by atoms with Crippen molar-refractivity contribution in [2.75, 3.05) is 13.7 Å². The average Bonchev–Trinajstić information content (AvgIpc) is 3.19. The van der Waals surface area contributed by atoms with Gasteiger partial charge in [-0.2, -0.15) is 0 Å². The van der Waals surface area contributed by atoms with E-state index < -0.39 is 5.79 Å². The maximum atomic E-state index is 6.22. The molecule has 0 N–H and O–H groups in total. The van der Waals surface area contributed by atoms with Gasteiger partial charge in [0.2, 0.25) is 0 Å². The monoisotopic (exact) mass is 444 g/mol. The fourth-order valence-electron chi connectivity index (χ4n) is 3.95. The van der Waals surface area contributed by atoms with Crippen LogP contribution in [-0.2, 0) is 18.6 Å². The van der Waals surface area contributed by atoms with Crippen LogP contribution in [0.3, 0.4) is 0 Å². The van der Waals surface area contributed by atoms with Crippen molar-refractivity contribution in [3.63, 3.8) is 0 Å². The molecule has 4 rings (SSSR count). The number of rotatable bonds is 4. The number of aromatic nitrogens is 4. The van der Waals surface area contributed by atoms with Gasteiger partial charge >= 0.3 is 0 Å². The zero-order chi connectivity index (χ0) is 16.9. The Hall–Kier alpha value is -0.840. The van der Waals surface area contributed by atoms with E-state index in [1.165, 1.54) is 0 Å². The van der Waals surface area contributed by atoms with Crippen molar-refractivity contribution >= 4 is 33.8 Å². The van der Waals surface area contributed by atoms with Crippen molar-refractivity contribution in [2.45, 2.75) is 48.7 Å². The van der Waals surface area contributed by atoms with Crippen molar-refractivity contribution in [3.8, 4) is 0 Å². The van der Waals surface area contributed by atoms with E-state index in [1.807, 2.05) is 20.2 Å². The van der Waals surface area contributed by atoms with Crippen LogP contribution in [0.2, 0.25) is 0 Å². The van der Waals surface area contributed by atoms with Crippen molar-refractivity contribution in [1.29, 1.82) is 0 Å². The van der Waals surface area contributed by atoms with Crippen LogP contribution in [-0.4, -0.2) is 51.2 Å². The number of methoxy groups -OCH3 is 1. The average molecular weight is 444 g/mol. The molecule has 0 amide bonds. The smallest absolute Gasteiger partial charge is 0.163 e. The van der Waals surface area contributed by atoms with Crippen molar-refractivity contribution < 1.29 is 14.2 Å². The predicted molar refractivity (Wildman–Crippen MR) is 95.9 cm³/mol. The molecule has 1 aliphatic carbocycles. The lowest BCUT2D eigenvalue weighted by atomic mass is 10.1. The van der Waals surface area contributed by atoms with Gasteiger partial charge in [0.1, 0.15) is 17.9 Å². The number of nitrogens with zero attached hydrogens (tertiary/aromatic N) is 4. The Morgan fingerprint density at radius 2 is 2.08 bits per heavy atom. The van der Waals surface area contributed by atoms with E-state index in [1.54, 1.807) is 13.4 Å². The maximum absolute atomic E-state index is 6.22. The molecule has 2 aliphatic rings. The molecule has 8 heteroatoms. The molecule has 2 fully saturated rings. The Morgan fingerprint density at radius 3 is 2.83 bits per heavy atom. The largest absolute Gasteiger partial charge is 0.384 e. The van der Waals surface area contributed by atoms with Crippen LogP contribution >= 0.6 is 22.6 Å². The first kappa shape index (κ1) is 16.6. The van der Waals surface area contributed by atoms with E-state index >= 15 is 0 Å². The summed E-state index contributed by atoms with van der Waals surface area (Å²) in [6.45, 7) is 4.60. The number of hydrogen-bond acceptors (Lipinski definition) is 6. The molecule has 1 aliphatic heterocycles. The second kappa shape index (κ2) is 6.15. The minimum Gasteiger partial charge on any atom is -0.384 e. The highest BCUT2D eigenvalue weighted by Gasteiger charge is 2.54. The van der Waals surface area contributed by atoms with Crippen LogP contribution in [0.1, 0.15) is 32.0 Å². The normalized spacial score (nSPS) is 31.7. The Bertz CT molecular complexity index is 750. The molecule has 0 spiro atoms. The lowest BCUT2D eigenvalue weighted by Gasteiger charge is -2.24. The zero-order valence-corrected chi connectivity index (χ0v) is 16.1. The van der Waals surface area contributed by atoms with Gasteiger partial charge in [0.05, 0.1) is 30.8 Å². The summed E-state index contributed by atoms with van der Waals surface area (Å²) < 4.78 is 20.7. The molecule has 3 heterocycles. The first-order valence-electron chi connectivity index (χ1n) is 8.11. The van der Waals surface area contributed by atoms with Crippen LogP contribution < -0.4 is 0 Å². The Morgan fingerprint density at radius 1 is 1.29 bits per heavy atom. The van der Waals surface area contributed by atoms with E-state index in [2.05, 4.69) is 42.1 Å². The third kappa shape index (κ3) is 2.63. The lowest BCUT2D eigenvalue weighted by molar-refractivity contribution is -0.162. The molecular formula is C16H21IN4O3. The number of fused-ring (bicyclic) bond motifs is 2. The Labute approximate surface area is 154 Å². The molecular weight excluding hydrogens is 423 g/mol. The number of ether oxygens (including phenoxy) is 3. The van der Waals surface area contributed by atoms with Gasteiger partial charge in [0, 0.05) is 17.5 Å². The molecule has 0 aromatic carbocycles. The number of hydrogen-bond donors (Lipinski definition) is 0. The topological polar surface area (TPSA) is 71.3 Å². The number of imidazole rings is 1. The highest BCUT2D eigenvalue weighted by molar-refractivity contribution is 14.1. The highest BCUT2D eigenvalue weighted by atomic mass is 127. The number of alkyl halides is 1. The molecule has 0 bridgehead atoms. The molecule has 0 unspecified atom stereocenters. The first-order chi connectivity index (χ1) is 11.5. The fraction of sp³-hybridized carbons (Fsp3) is 0.688. The van der Waals surface area contributed by atoms with Crippen LogP contribution in [0.15, 0.2) is 12.7 Å². The van der Waals surface area contributed by atoms with Crippen LogP contribution in [0, 0.1) is 5.92 Å². The van der Waals surface area contributed by atoms with Gasteiger partial charge < -0.3 is 18.8 Å². The van der Waals surface area contributed by atoms with Gasteiger partial charge in [0.15, 0.2) is 11.4 Å². The molecule has 1 saturated heterocycles. The van der Waals surface area contributed by atoms with Gasteiger partial charge in [-0.1, -0.05) is 22.6 Å². The van der Waals surface area contributed by atoms with Crippen LogP contribution in [0.25, 0.3) is 11.2 Å². The summed E-state index contributed by atoms with van der Waals surface area (Å²) >= 11 is 2.30. The maximum Gasteiger partial charge on any atom is 0.163 e. The van der Waals surface area contributed by atoms with Crippen molar-refractivity contribution in [2.24, 2.45) is 5.92 Å². The van der Waals surface area contributed by atoms with Gasteiger partial charge in [-0.3, -0.25) is 0 Å². The first-order valence-corrected chi connectivity index (χ1v) is 9.63. The SMILES string of the molecule is COC[C@H]1C[C@@H](n2cnc3c(CI)ncnc32)[C@@H]2OC(C)(C)O[C@H]12. The van der Waals surface area contributed by atoms with E-state index in [9.17, 15) is 0 Å². The van der Waals surface area contributed by atoms with E-state index in [4.69, 9.17) is 14.2 Å². The summed E-state index contributed by atoms with van der Waals surface area (Å²) in [6, 6.07) is 0.138. The minimum absolute atomic E-state index is 0.0180. The van der Waals surface area contributed by atoms with E-state index in [-0.39, 0.29) is 18.2 Å². The quantitative estimate of drug-likeness (QED) is 0.533. The Balaban J connectivity index is 1.73. The molecule has 7 nitrogen and oxygen atoms in total. The molecule has 2 aromatic heterocycles. The molecule has 0 radical (unpaired) electrons. The number of halogens is 1. The van der Waals surface area contributed by atoms with Gasteiger partial charge in [-0.15, -0.1) is 0 Å². The second-order valence-corrected chi connectivity index (χ2v) is 7.62. The predicted octanol–water partition coefficient (Wildman–Crippen LogP) is 2.49. The van der Waals surface area contributed by atoms with Gasteiger partial charge in [0.25, 0.3) is 0 Å². The Kier molecular flexibility index (Phi) is 4.26. The summed E-state index contributed by atoms with van der Waals surface area (Å²) in [7, 11) is 1.73. The molecule has 2 aromatic rings. The summed E-state index contributed by atoms with van der Waals surface area (Å²) in [4.78, 5) is 13.4. The van der Waals surface area contributed by atoms with Crippen molar-refractivity contribution in [1.82, 2.24) is 19.5 Å². The summed E-state index contributed by atoms with van der Waals surface area (Å²) in [5.74, 6) is -0.270. The highest BCUT2D eigenvalue weighted by Crippen LogP contribution is 2.47. The molecule has 24 heavy (non-hydrogen) atoms. The van der Waals surface area contributed by atoms with Crippen molar-refractivity contribution in [3.05, 3.63) is 18.3 Å². The fourth-order valence-corrected chi connectivity index (χ4v) is 4.51.